The molecule has 4 nitrogen and oxygen atoms in total. The third-order valence-electron chi connectivity index (χ3n) is 4.58. The number of rotatable bonds is 3. The summed E-state index contributed by atoms with van der Waals surface area (Å²) in [4.78, 5) is 27.6. The van der Waals surface area contributed by atoms with Crippen LogP contribution in [0.3, 0.4) is 0 Å². The third-order valence-corrected chi connectivity index (χ3v) is 4.58. The second kappa shape index (κ2) is 7.32. The monoisotopic (exact) mass is 351 g/mol. The number of likely N-dealkylation sites (tertiary alicyclic amines) is 1. The average Bonchev–Trinajstić information content (AvgIpc) is 3.06. The Labute approximate surface area is 154 Å². The summed E-state index contributed by atoms with van der Waals surface area (Å²) in [5.41, 5.74) is 1.10. The second-order valence-electron chi connectivity index (χ2n) is 7.65. The molecule has 3 rings (SSSR count). The van der Waals surface area contributed by atoms with Crippen LogP contribution in [0.4, 0.5) is 4.79 Å². The summed E-state index contributed by atoms with van der Waals surface area (Å²) in [7, 11) is 0. The lowest BCUT2D eigenvalue weighted by atomic mass is 9.87. The van der Waals surface area contributed by atoms with Crippen molar-refractivity contribution in [3.8, 4) is 0 Å². The van der Waals surface area contributed by atoms with Gasteiger partial charge in [0.15, 0.2) is 5.78 Å². The second-order valence-corrected chi connectivity index (χ2v) is 7.65. The van der Waals surface area contributed by atoms with Gasteiger partial charge in [0.1, 0.15) is 11.6 Å². The van der Waals surface area contributed by atoms with Crippen LogP contribution in [0.15, 0.2) is 60.7 Å². The van der Waals surface area contributed by atoms with E-state index in [0.717, 1.165) is 12.0 Å². The van der Waals surface area contributed by atoms with Crippen LogP contribution in [-0.4, -0.2) is 35.0 Å². The molecule has 0 aliphatic carbocycles. The van der Waals surface area contributed by atoms with Crippen LogP contribution in [-0.2, 0) is 4.74 Å². The highest BCUT2D eigenvalue weighted by molar-refractivity contribution is 6.02. The Bertz CT molecular complexity index is 765. The standard InChI is InChI=1S/C22H25NO3/c1-22(2,3)26-21(25)23-15-14-18(16-10-6-4-7-11-16)19(23)20(24)17-12-8-5-9-13-17/h4-13,18-19H,14-15H2,1-3H3/t18-,19-/m1/s1. The molecule has 1 amide bonds. The molecule has 1 heterocycles. The summed E-state index contributed by atoms with van der Waals surface area (Å²) in [5.74, 6) is -0.0702. The van der Waals surface area contributed by atoms with Crippen molar-refractivity contribution in [1.82, 2.24) is 4.90 Å². The fraction of sp³-hybridized carbons (Fsp3) is 0.364. The normalized spacial score (nSPS) is 20.0. The summed E-state index contributed by atoms with van der Waals surface area (Å²) in [6.45, 7) is 6.02. The van der Waals surface area contributed by atoms with Crippen molar-refractivity contribution in [2.75, 3.05) is 6.54 Å². The van der Waals surface area contributed by atoms with Crippen LogP contribution < -0.4 is 0 Å². The molecule has 2 aromatic carbocycles. The molecule has 0 aromatic heterocycles. The van der Waals surface area contributed by atoms with E-state index in [2.05, 4.69) is 0 Å². The smallest absolute Gasteiger partial charge is 0.410 e. The molecule has 4 heteroatoms. The molecule has 136 valence electrons. The predicted molar refractivity (Wildman–Crippen MR) is 101 cm³/mol. The van der Waals surface area contributed by atoms with Crippen LogP contribution in [0.1, 0.15) is 49.0 Å². The highest BCUT2D eigenvalue weighted by Crippen LogP contribution is 2.36. The van der Waals surface area contributed by atoms with Crippen LogP contribution in [0.25, 0.3) is 0 Å². The number of Topliss-reactive ketones (excluding diaryl/α,β-unsaturated/α-hetero) is 1. The Kier molecular flexibility index (Phi) is 5.12. The van der Waals surface area contributed by atoms with E-state index >= 15 is 0 Å². The number of carbonyl (C=O) groups is 2. The molecular weight excluding hydrogens is 326 g/mol. The summed E-state index contributed by atoms with van der Waals surface area (Å²) >= 11 is 0. The van der Waals surface area contributed by atoms with Crippen LogP contribution >= 0.6 is 0 Å². The van der Waals surface area contributed by atoms with Crippen molar-refractivity contribution >= 4 is 11.9 Å². The average molecular weight is 351 g/mol. The molecule has 2 aromatic rings. The SMILES string of the molecule is CC(C)(C)OC(=O)N1CC[C@H](c2ccccc2)[C@@H]1C(=O)c1ccccc1. The van der Waals surface area contributed by atoms with E-state index in [1.54, 1.807) is 17.0 Å². The van der Waals surface area contributed by atoms with Gasteiger partial charge in [-0.05, 0) is 32.8 Å². The summed E-state index contributed by atoms with van der Waals surface area (Å²) in [5, 5.41) is 0. The number of hydrogen-bond acceptors (Lipinski definition) is 3. The number of amides is 1. The Morgan fingerprint density at radius 1 is 0.962 bits per heavy atom. The molecule has 2 atom stereocenters. The lowest BCUT2D eigenvalue weighted by molar-refractivity contribution is 0.0216. The molecule has 0 saturated carbocycles. The first-order valence-electron chi connectivity index (χ1n) is 9.00. The number of benzene rings is 2. The van der Waals surface area contributed by atoms with Crippen molar-refractivity contribution in [2.45, 2.75) is 44.8 Å². The number of hydrogen-bond donors (Lipinski definition) is 0. The maximum atomic E-state index is 13.3. The predicted octanol–water partition coefficient (Wildman–Crippen LogP) is 4.66. The van der Waals surface area contributed by atoms with E-state index in [1.807, 2.05) is 69.3 Å². The van der Waals surface area contributed by atoms with Crippen LogP contribution in [0.2, 0.25) is 0 Å². The van der Waals surface area contributed by atoms with Gasteiger partial charge in [-0.25, -0.2) is 4.79 Å². The van der Waals surface area contributed by atoms with Gasteiger partial charge in [-0.3, -0.25) is 9.69 Å². The van der Waals surface area contributed by atoms with E-state index < -0.39 is 17.7 Å². The zero-order valence-corrected chi connectivity index (χ0v) is 15.5. The van der Waals surface area contributed by atoms with Crippen molar-refractivity contribution in [3.63, 3.8) is 0 Å². The van der Waals surface area contributed by atoms with E-state index in [0.29, 0.717) is 12.1 Å². The molecule has 0 unspecified atom stereocenters. The first kappa shape index (κ1) is 18.2. The highest BCUT2D eigenvalue weighted by Gasteiger charge is 2.44. The van der Waals surface area contributed by atoms with Crippen LogP contribution in [0, 0.1) is 0 Å². The van der Waals surface area contributed by atoms with E-state index in [1.165, 1.54) is 0 Å². The van der Waals surface area contributed by atoms with Gasteiger partial charge < -0.3 is 4.74 Å². The molecule has 1 saturated heterocycles. The van der Waals surface area contributed by atoms with Crippen molar-refractivity contribution in [1.29, 1.82) is 0 Å². The van der Waals surface area contributed by atoms with Gasteiger partial charge in [-0.15, -0.1) is 0 Å². The van der Waals surface area contributed by atoms with E-state index in [4.69, 9.17) is 4.74 Å². The van der Waals surface area contributed by atoms with Gasteiger partial charge in [0, 0.05) is 18.0 Å². The maximum Gasteiger partial charge on any atom is 0.410 e. The maximum absolute atomic E-state index is 13.3. The molecule has 0 bridgehead atoms. The Hall–Kier alpha value is -2.62. The summed E-state index contributed by atoms with van der Waals surface area (Å²) in [6, 6.07) is 18.6. The van der Waals surface area contributed by atoms with Crippen molar-refractivity contribution in [2.24, 2.45) is 0 Å². The van der Waals surface area contributed by atoms with Crippen LogP contribution in [0.5, 0.6) is 0 Å². The van der Waals surface area contributed by atoms with E-state index in [9.17, 15) is 9.59 Å². The fourth-order valence-electron chi connectivity index (χ4n) is 3.46. The number of ketones is 1. The zero-order chi connectivity index (χ0) is 18.7. The van der Waals surface area contributed by atoms with Crippen molar-refractivity contribution < 1.29 is 14.3 Å². The Morgan fingerprint density at radius 2 is 1.54 bits per heavy atom. The summed E-state index contributed by atoms with van der Waals surface area (Å²) in [6.07, 6.45) is 0.317. The van der Waals surface area contributed by atoms with Gasteiger partial charge in [0.05, 0.1) is 0 Å². The minimum absolute atomic E-state index is 0.0311. The number of nitrogens with zero attached hydrogens (tertiary/aromatic N) is 1. The first-order valence-corrected chi connectivity index (χ1v) is 9.00. The molecule has 1 aliphatic rings. The molecule has 1 aliphatic heterocycles. The zero-order valence-electron chi connectivity index (χ0n) is 15.5. The molecule has 26 heavy (non-hydrogen) atoms. The van der Waals surface area contributed by atoms with Crippen molar-refractivity contribution in [3.05, 3.63) is 71.8 Å². The largest absolute Gasteiger partial charge is 0.444 e. The lowest BCUT2D eigenvalue weighted by Crippen LogP contribution is -2.45. The molecule has 1 fully saturated rings. The van der Waals surface area contributed by atoms with Gasteiger partial charge in [0.25, 0.3) is 0 Å². The van der Waals surface area contributed by atoms with Gasteiger partial charge in [-0.2, -0.15) is 0 Å². The quantitative estimate of drug-likeness (QED) is 0.756. The summed E-state index contributed by atoms with van der Waals surface area (Å²) < 4.78 is 5.56. The molecule has 0 radical (unpaired) electrons. The number of ether oxygens (including phenoxy) is 1. The molecule has 0 N–H and O–H groups in total. The topological polar surface area (TPSA) is 46.6 Å². The lowest BCUT2D eigenvalue weighted by Gasteiger charge is -2.30. The van der Waals surface area contributed by atoms with E-state index in [-0.39, 0.29) is 11.7 Å². The molecular formula is C22H25NO3. The Morgan fingerprint density at radius 3 is 2.12 bits per heavy atom. The van der Waals surface area contributed by atoms with Gasteiger partial charge in [0.2, 0.25) is 0 Å². The third kappa shape index (κ3) is 3.96. The minimum Gasteiger partial charge on any atom is -0.444 e. The number of carbonyl (C=O) groups excluding carboxylic acids is 2. The highest BCUT2D eigenvalue weighted by atomic mass is 16.6. The minimum atomic E-state index is -0.595. The van der Waals surface area contributed by atoms with Gasteiger partial charge >= 0.3 is 6.09 Å². The first-order chi connectivity index (χ1) is 12.4. The fourth-order valence-corrected chi connectivity index (χ4v) is 3.46. The Balaban J connectivity index is 1.94. The molecule has 0 spiro atoms. The van der Waals surface area contributed by atoms with Gasteiger partial charge in [-0.1, -0.05) is 60.7 Å².